The van der Waals surface area contributed by atoms with E-state index in [0.29, 0.717) is 12.3 Å². The first-order chi connectivity index (χ1) is 9.06. The second-order valence-corrected chi connectivity index (χ2v) is 7.85. The van der Waals surface area contributed by atoms with E-state index < -0.39 is 17.8 Å². The summed E-state index contributed by atoms with van der Waals surface area (Å²) in [4.78, 5) is 11.9. The Morgan fingerprint density at radius 2 is 1.90 bits per heavy atom. The van der Waals surface area contributed by atoms with Crippen molar-refractivity contribution in [1.82, 2.24) is 5.32 Å². The Morgan fingerprint density at radius 1 is 1.35 bits per heavy atom. The number of nitrogens with one attached hydrogen (secondary N) is 1. The largest absolute Gasteiger partial charge is 0.444 e. The topological polar surface area (TPSA) is 58.6 Å². The predicted molar refractivity (Wildman–Crippen MR) is 86.2 cm³/mol. The fraction of sp³-hybridized carbons (Fsp3) is 0.933. The first-order valence-electron chi connectivity index (χ1n) is 7.38. The molecule has 0 aliphatic heterocycles. The first-order valence-corrected chi connectivity index (χ1v) is 8.30. The zero-order valence-electron chi connectivity index (χ0n) is 13.6. The van der Waals surface area contributed by atoms with Gasteiger partial charge >= 0.3 is 6.09 Å². The maximum absolute atomic E-state index is 11.9. The number of aliphatic hydroxyl groups excluding tert-OH is 1. The molecule has 0 spiro atoms. The van der Waals surface area contributed by atoms with E-state index in [-0.39, 0.29) is 10.9 Å². The number of carbonyl (C=O) groups excluding carboxylic acids is 1. The van der Waals surface area contributed by atoms with Gasteiger partial charge in [-0.05, 0) is 39.5 Å². The number of rotatable bonds is 7. The minimum absolute atomic E-state index is 0.0359. The van der Waals surface area contributed by atoms with Gasteiger partial charge in [-0.3, -0.25) is 0 Å². The van der Waals surface area contributed by atoms with Crippen LogP contribution >= 0.6 is 15.9 Å². The molecule has 0 bridgehead atoms. The van der Waals surface area contributed by atoms with Crippen molar-refractivity contribution in [1.29, 1.82) is 0 Å². The van der Waals surface area contributed by atoms with Crippen LogP contribution < -0.4 is 5.32 Å². The molecule has 0 heterocycles. The van der Waals surface area contributed by atoms with E-state index in [9.17, 15) is 9.90 Å². The van der Waals surface area contributed by atoms with Gasteiger partial charge in [-0.15, -0.1) is 0 Å². The minimum Gasteiger partial charge on any atom is -0.444 e. The summed E-state index contributed by atoms with van der Waals surface area (Å²) >= 11 is 3.57. The van der Waals surface area contributed by atoms with Crippen LogP contribution in [0.5, 0.6) is 0 Å². The molecular formula is C15H30BrNO3. The van der Waals surface area contributed by atoms with Gasteiger partial charge in [0.15, 0.2) is 0 Å². The van der Waals surface area contributed by atoms with Crippen molar-refractivity contribution < 1.29 is 14.6 Å². The molecular weight excluding hydrogens is 322 g/mol. The molecule has 0 aliphatic carbocycles. The van der Waals surface area contributed by atoms with Crippen LogP contribution in [0.15, 0.2) is 0 Å². The number of ether oxygens (including phenoxy) is 1. The van der Waals surface area contributed by atoms with Crippen LogP contribution in [0.1, 0.15) is 60.8 Å². The van der Waals surface area contributed by atoms with Crippen LogP contribution in [0.2, 0.25) is 0 Å². The van der Waals surface area contributed by atoms with Crippen molar-refractivity contribution in [2.75, 3.05) is 0 Å². The SMILES string of the molecule is CCC[C@@H](Br)[C@@H](NC(=O)OC(C)(C)C)[C@H](O)CC(C)C. The average Bonchev–Trinajstić information content (AvgIpc) is 2.22. The third-order valence-corrected chi connectivity index (χ3v) is 3.79. The van der Waals surface area contributed by atoms with Gasteiger partial charge in [0.2, 0.25) is 0 Å². The lowest BCUT2D eigenvalue weighted by Gasteiger charge is -2.30. The van der Waals surface area contributed by atoms with Crippen LogP contribution in [0.4, 0.5) is 4.79 Å². The van der Waals surface area contributed by atoms with Crippen LogP contribution in [-0.4, -0.2) is 33.8 Å². The van der Waals surface area contributed by atoms with Crippen LogP contribution in [0.3, 0.4) is 0 Å². The van der Waals surface area contributed by atoms with Gasteiger partial charge in [-0.25, -0.2) is 4.79 Å². The molecule has 0 radical (unpaired) electrons. The molecule has 2 N–H and O–H groups in total. The lowest BCUT2D eigenvalue weighted by Crippen LogP contribution is -2.50. The fourth-order valence-corrected chi connectivity index (χ4v) is 2.90. The summed E-state index contributed by atoms with van der Waals surface area (Å²) in [6, 6.07) is -0.341. The van der Waals surface area contributed by atoms with Gasteiger partial charge in [0.05, 0.1) is 12.1 Å². The highest BCUT2D eigenvalue weighted by molar-refractivity contribution is 9.09. The zero-order valence-corrected chi connectivity index (χ0v) is 15.2. The maximum Gasteiger partial charge on any atom is 0.407 e. The highest BCUT2D eigenvalue weighted by Crippen LogP contribution is 2.20. The van der Waals surface area contributed by atoms with Gasteiger partial charge in [0.25, 0.3) is 0 Å². The number of alkyl halides is 1. The van der Waals surface area contributed by atoms with Crippen molar-refractivity contribution in [2.45, 2.75) is 83.4 Å². The Hall–Kier alpha value is -0.290. The summed E-state index contributed by atoms with van der Waals surface area (Å²) in [5.74, 6) is 0.370. The van der Waals surface area contributed by atoms with Crippen molar-refractivity contribution in [3.63, 3.8) is 0 Å². The van der Waals surface area contributed by atoms with E-state index in [1.54, 1.807) is 0 Å². The molecule has 0 aromatic carbocycles. The molecule has 0 rings (SSSR count). The monoisotopic (exact) mass is 351 g/mol. The molecule has 1 amide bonds. The lowest BCUT2D eigenvalue weighted by atomic mass is 9.96. The van der Waals surface area contributed by atoms with Gasteiger partial charge in [0.1, 0.15) is 5.60 Å². The highest BCUT2D eigenvalue weighted by Gasteiger charge is 2.30. The molecule has 0 saturated carbocycles. The average molecular weight is 352 g/mol. The van der Waals surface area contributed by atoms with Crippen molar-refractivity contribution in [3.8, 4) is 0 Å². The molecule has 120 valence electrons. The van der Waals surface area contributed by atoms with E-state index >= 15 is 0 Å². The Balaban J connectivity index is 4.72. The zero-order chi connectivity index (χ0) is 15.9. The van der Waals surface area contributed by atoms with Gasteiger partial charge in [0, 0.05) is 4.83 Å². The highest BCUT2D eigenvalue weighted by atomic mass is 79.9. The summed E-state index contributed by atoms with van der Waals surface area (Å²) < 4.78 is 5.27. The molecule has 0 aromatic rings. The molecule has 0 saturated heterocycles. The summed E-state index contributed by atoms with van der Waals surface area (Å²) in [5, 5.41) is 13.1. The third-order valence-electron chi connectivity index (χ3n) is 2.76. The van der Waals surface area contributed by atoms with E-state index in [0.717, 1.165) is 12.8 Å². The van der Waals surface area contributed by atoms with Gasteiger partial charge in [-0.2, -0.15) is 0 Å². The summed E-state index contributed by atoms with van der Waals surface area (Å²) in [6.07, 6.45) is 1.45. The Labute approximate surface area is 131 Å². The molecule has 0 unspecified atom stereocenters. The van der Waals surface area contributed by atoms with Crippen molar-refractivity contribution in [2.24, 2.45) is 5.92 Å². The van der Waals surface area contributed by atoms with Crippen molar-refractivity contribution >= 4 is 22.0 Å². The third kappa shape index (κ3) is 8.80. The van der Waals surface area contributed by atoms with Crippen LogP contribution in [0.25, 0.3) is 0 Å². The summed E-state index contributed by atoms with van der Waals surface area (Å²) in [6.45, 7) is 11.7. The van der Waals surface area contributed by atoms with E-state index in [1.807, 2.05) is 20.8 Å². The number of amides is 1. The normalized spacial score (nSPS) is 16.6. The summed E-state index contributed by atoms with van der Waals surface area (Å²) in [5.41, 5.74) is -0.538. The Morgan fingerprint density at radius 3 is 2.30 bits per heavy atom. The predicted octanol–water partition coefficient (Wildman–Crippen LogP) is 3.85. The number of carbonyl (C=O) groups is 1. The van der Waals surface area contributed by atoms with Crippen LogP contribution in [-0.2, 0) is 4.74 Å². The molecule has 0 aromatic heterocycles. The summed E-state index contributed by atoms with van der Waals surface area (Å²) in [7, 11) is 0. The molecule has 0 aliphatic rings. The van der Waals surface area contributed by atoms with Gasteiger partial charge < -0.3 is 15.2 Å². The smallest absolute Gasteiger partial charge is 0.407 e. The molecule has 4 nitrogen and oxygen atoms in total. The second-order valence-electron chi connectivity index (χ2n) is 6.67. The Kier molecular flexibility index (Phi) is 8.75. The molecule has 3 atom stereocenters. The first kappa shape index (κ1) is 19.7. The number of alkyl carbamates (subject to hydrolysis) is 1. The number of aliphatic hydroxyl groups is 1. The fourth-order valence-electron chi connectivity index (χ4n) is 1.96. The minimum atomic E-state index is -0.585. The van der Waals surface area contributed by atoms with Gasteiger partial charge in [-0.1, -0.05) is 43.1 Å². The lowest BCUT2D eigenvalue weighted by molar-refractivity contribution is 0.0395. The number of hydrogen-bond donors (Lipinski definition) is 2. The number of hydrogen-bond acceptors (Lipinski definition) is 3. The molecule has 20 heavy (non-hydrogen) atoms. The second kappa shape index (κ2) is 8.88. The Bertz CT molecular complexity index is 289. The quantitative estimate of drug-likeness (QED) is 0.684. The maximum atomic E-state index is 11.9. The molecule has 5 heteroatoms. The van der Waals surface area contributed by atoms with Crippen molar-refractivity contribution in [3.05, 3.63) is 0 Å². The van der Waals surface area contributed by atoms with Crippen LogP contribution in [0, 0.1) is 5.92 Å². The van der Waals surface area contributed by atoms with E-state index in [4.69, 9.17) is 4.74 Å². The van der Waals surface area contributed by atoms with E-state index in [2.05, 4.69) is 42.0 Å². The molecule has 0 fully saturated rings. The van der Waals surface area contributed by atoms with E-state index in [1.165, 1.54) is 0 Å². The standard InChI is InChI=1S/C15H30BrNO3/c1-7-8-11(16)13(12(18)9-10(2)3)17-14(19)20-15(4,5)6/h10-13,18H,7-9H2,1-6H3,(H,17,19)/t11-,12-,13-/m1/s1. The number of halogens is 1.